The van der Waals surface area contributed by atoms with Gasteiger partial charge in [-0.15, -0.1) is 0 Å². The van der Waals surface area contributed by atoms with Crippen LogP contribution >= 0.6 is 11.6 Å². The molecule has 1 N–H and O–H groups in total. The number of amides is 1. The van der Waals surface area contributed by atoms with Gasteiger partial charge in [-0.25, -0.2) is 0 Å². The highest BCUT2D eigenvalue weighted by molar-refractivity contribution is 6.62. The molecule has 0 aliphatic rings. The molecule has 0 bridgehead atoms. The first-order valence-corrected chi connectivity index (χ1v) is 4.93. The van der Waals surface area contributed by atoms with E-state index in [-0.39, 0.29) is 0 Å². The van der Waals surface area contributed by atoms with Gasteiger partial charge in [-0.05, 0) is 18.5 Å². The van der Waals surface area contributed by atoms with E-state index in [9.17, 15) is 4.79 Å². The summed E-state index contributed by atoms with van der Waals surface area (Å²) in [6.45, 7) is 9.90. The molecule has 14 heavy (non-hydrogen) atoms. The lowest BCUT2D eigenvalue weighted by atomic mass is 10.2. The second-order valence-electron chi connectivity index (χ2n) is 2.26. The number of nitrogens with one attached hydrogen (secondary N) is 1. The van der Waals surface area contributed by atoms with Crippen LogP contribution in [0.2, 0.25) is 0 Å². The van der Waals surface area contributed by atoms with Crippen LogP contribution in [-0.4, -0.2) is 11.9 Å². The number of carbonyl (C=O) groups excluding carboxylic acids is 1. The molecule has 0 aromatic rings. The van der Waals surface area contributed by atoms with Gasteiger partial charge in [-0.3, -0.25) is 4.79 Å². The summed E-state index contributed by atoms with van der Waals surface area (Å²) in [5, 5.41) is 1.94. The van der Waals surface area contributed by atoms with Gasteiger partial charge in [0, 0.05) is 6.54 Å². The summed E-state index contributed by atoms with van der Waals surface area (Å²) in [4.78, 5) is 10.3. The molecule has 0 aromatic heterocycles. The molecule has 1 amide bonds. The van der Waals surface area contributed by atoms with Crippen LogP contribution in [0.3, 0.4) is 0 Å². The summed E-state index contributed by atoms with van der Waals surface area (Å²) >= 11 is 5.07. The van der Waals surface area contributed by atoms with Crippen LogP contribution in [0.1, 0.15) is 20.8 Å². The Kier molecular flexibility index (Phi) is 13.2. The lowest BCUT2D eigenvalue weighted by molar-refractivity contribution is 0.260. The highest BCUT2D eigenvalue weighted by atomic mass is 35.5. The quantitative estimate of drug-likeness (QED) is 0.433. The highest BCUT2D eigenvalue weighted by Gasteiger charge is 1.91. The molecule has 0 saturated heterocycles. The van der Waals surface area contributed by atoms with Crippen LogP contribution in [0, 0.1) is 0 Å². The minimum absolute atomic E-state index is 0.476. The van der Waals surface area contributed by atoms with Crippen LogP contribution < -0.4 is 5.32 Å². The summed E-state index contributed by atoms with van der Waals surface area (Å²) in [6, 6.07) is 0. The van der Waals surface area contributed by atoms with Gasteiger partial charge < -0.3 is 5.32 Å². The first kappa shape index (κ1) is 15.5. The first-order chi connectivity index (χ1) is 6.66. The number of allylic oxidation sites excluding steroid dienone is 4. The average Bonchev–Trinajstić information content (AvgIpc) is 2.18. The molecule has 80 valence electrons. The van der Waals surface area contributed by atoms with Crippen molar-refractivity contribution in [1.29, 1.82) is 0 Å². The second-order valence-corrected chi connectivity index (χ2v) is 2.60. The number of hydrogen-bond acceptors (Lipinski definition) is 1. The number of hydrogen-bond donors (Lipinski definition) is 1. The molecule has 0 heterocycles. The molecule has 0 aliphatic carbocycles. The third-order valence-corrected chi connectivity index (χ3v) is 1.27. The Bertz CT molecular complexity index is 219. The maximum Gasteiger partial charge on any atom is 0.314 e. The smallest absolute Gasteiger partial charge is 0.314 e. The zero-order valence-corrected chi connectivity index (χ0v) is 9.77. The third kappa shape index (κ3) is 13.6. The summed E-state index contributed by atoms with van der Waals surface area (Å²) in [7, 11) is 0. The summed E-state index contributed by atoms with van der Waals surface area (Å²) in [5.41, 5.74) is 1.03. The predicted octanol–water partition coefficient (Wildman–Crippen LogP) is 3.65. The fraction of sp³-hybridized carbons (Fsp3) is 0.364. The lowest BCUT2D eigenvalue weighted by Gasteiger charge is -1.98. The zero-order valence-electron chi connectivity index (χ0n) is 9.01. The van der Waals surface area contributed by atoms with E-state index < -0.39 is 5.37 Å². The van der Waals surface area contributed by atoms with E-state index in [0.717, 1.165) is 5.57 Å². The fourth-order valence-corrected chi connectivity index (χ4v) is 0.633. The van der Waals surface area contributed by atoms with Gasteiger partial charge >= 0.3 is 5.37 Å². The van der Waals surface area contributed by atoms with Gasteiger partial charge in [-0.1, -0.05) is 50.3 Å². The molecule has 3 heteroatoms. The van der Waals surface area contributed by atoms with Gasteiger partial charge in [-0.2, -0.15) is 0 Å². The lowest BCUT2D eigenvalue weighted by Crippen LogP contribution is -2.18. The predicted molar refractivity (Wildman–Crippen MR) is 63.7 cm³/mol. The van der Waals surface area contributed by atoms with E-state index in [4.69, 9.17) is 11.6 Å². The second kappa shape index (κ2) is 12.0. The van der Waals surface area contributed by atoms with Gasteiger partial charge in [0.15, 0.2) is 0 Å². The summed E-state index contributed by atoms with van der Waals surface area (Å²) < 4.78 is 0. The van der Waals surface area contributed by atoms with Crippen molar-refractivity contribution in [1.82, 2.24) is 5.32 Å². The molecule has 0 atom stereocenters. The van der Waals surface area contributed by atoms with Crippen molar-refractivity contribution in [3.8, 4) is 0 Å². The molecule has 0 aromatic carbocycles. The molecular weight excluding hydrogens is 198 g/mol. The maximum atomic E-state index is 10.3. The molecule has 0 fully saturated rings. The molecule has 2 nitrogen and oxygen atoms in total. The highest BCUT2D eigenvalue weighted by Crippen LogP contribution is 1.91. The normalized spacial score (nSPS) is 10.4. The van der Waals surface area contributed by atoms with Crippen LogP contribution in [0.4, 0.5) is 4.79 Å². The van der Waals surface area contributed by atoms with Gasteiger partial charge in [0.25, 0.3) is 0 Å². The van der Waals surface area contributed by atoms with E-state index in [1.807, 2.05) is 39.0 Å². The van der Waals surface area contributed by atoms with E-state index in [1.54, 1.807) is 6.08 Å². The maximum absolute atomic E-state index is 10.3. The van der Waals surface area contributed by atoms with Gasteiger partial charge in [0.1, 0.15) is 0 Å². The van der Waals surface area contributed by atoms with E-state index in [0.29, 0.717) is 6.54 Å². The SMILES string of the molecule is C=C/C=C\C=C(/C)CNC(=O)Cl.CC. The van der Waals surface area contributed by atoms with Crippen molar-refractivity contribution in [2.24, 2.45) is 0 Å². The monoisotopic (exact) mass is 215 g/mol. The van der Waals surface area contributed by atoms with E-state index in [1.165, 1.54) is 0 Å². The molecular formula is C11H18ClNO. The van der Waals surface area contributed by atoms with E-state index in [2.05, 4.69) is 11.9 Å². The molecule has 0 aliphatic heterocycles. The Balaban J connectivity index is 0. The minimum atomic E-state index is -0.532. The molecule has 0 rings (SSSR count). The average molecular weight is 216 g/mol. The summed E-state index contributed by atoms with van der Waals surface area (Å²) in [5.74, 6) is 0. The largest absolute Gasteiger partial charge is 0.339 e. The van der Waals surface area contributed by atoms with Crippen LogP contribution in [0.25, 0.3) is 0 Å². The molecule has 0 radical (unpaired) electrons. The van der Waals surface area contributed by atoms with Crippen molar-refractivity contribution in [2.75, 3.05) is 6.54 Å². The topological polar surface area (TPSA) is 29.1 Å². The number of halogens is 1. The molecule has 0 saturated carbocycles. The first-order valence-electron chi connectivity index (χ1n) is 4.55. The Morgan fingerprint density at radius 1 is 1.43 bits per heavy atom. The minimum Gasteiger partial charge on any atom is -0.339 e. The van der Waals surface area contributed by atoms with E-state index >= 15 is 0 Å². The van der Waals surface area contributed by atoms with Crippen molar-refractivity contribution in [3.63, 3.8) is 0 Å². The third-order valence-electron chi connectivity index (χ3n) is 1.13. The fourth-order valence-electron chi connectivity index (χ4n) is 0.566. The Morgan fingerprint density at radius 2 is 2.00 bits per heavy atom. The van der Waals surface area contributed by atoms with Gasteiger partial charge in [0.2, 0.25) is 0 Å². The Morgan fingerprint density at radius 3 is 2.43 bits per heavy atom. The van der Waals surface area contributed by atoms with Crippen LogP contribution in [0.5, 0.6) is 0 Å². The number of carbonyl (C=O) groups is 1. The standard InChI is InChI=1S/C9H12ClNO.C2H6/c1-3-4-5-6-8(2)7-11-9(10)12;1-2/h3-6H,1,7H2,2H3,(H,11,12);1-2H3/b5-4-,8-6+;. The van der Waals surface area contributed by atoms with Crippen molar-refractivity contribution >= 4 is 17.0 Å². The van der Waals surface area contributed by atoms with Crippen LogP contribution in [0.15, 0.2) is 36.5 Å². The zero-order chi connectivity index (χ0) is 11.4. The Hall–Kier alpha value is -1.02. The summed E-state index contributed by atoms with van der Waals surface area (Å²) in [6.07, 6.45) is 7.23. The Labute approximate surface area is 91.3 Å². The van der Waals surface area contributed by atoms with Crippen molar-refractivity contribution in [3.05, 3.63) is 36.5 Å². The van der Waals surface area contributed by atoms with Crippen LogP contribution in [-0.2, 0) is 0 Å². The van der Waals surface area contributed by atoms with Crippen molar-refractivity contribution in [2.45, 2.75) is 20.8 Å². The van der Waals surface area contributed by atoms with Crippen molar-refractivity contribution < 1.29 is 4.79 Å². The molecule has 0 spiro atoms. The van der Waals surface area contributed by atoms with Gasteiger partial charge in [0.05, 0.1) is 0 Å². The molecule has 0 unspecified atom stereocenters. The number of rotatable bonds is 4.